The van der Waals surface area contributed by atoms with Gasteiger partial charge in [-0.15, -0.1) is 10.2 Å². The number of nitrogens with zero attached hydrogens (tertiary/aromatic N) is 3. The molecular formula is C11H20N4. The van der Waals surface area contributed by atoms with Crippen molar-refractivity contribution in [1.29, 1.82) is 0 Å². The first kappa shape index (κ1) is 10.6. The Labute approximate surface area is 90.9 Å². The minimum Gasteiger partial charge on any atom is -0.328 e. The molecule has 2 unspecified atom stereocenters. The van der Waals surface area contributed by atoms with E-state index in [1.165, 1.54) is 0 Å². The van der Waals surface area contributed by atoms with Gasteiger partial charge in [0.15, 0.2) is 0 Å². The van der Waals surface area contributed by atoms with Gasteiger partial charge in [-0.3, -0.25) is 0 Å². The minimum atomic E-state index is 0.262. The van der Waals surface area contributed by atoms with Gasteiger partial charge in [-0.25, -0.2) is 0 Å². The van der Waals surface area contributed by atoms with Gasteiger partial charge in [-0.1, -0.05) is 13.8 Å². The van der Waals surface area contributed by atoms with Crippen LogP contribution in [0.15, 0.2) is 0 Å². The summed E-state index contributed by atoms with van der Waals surface area (Å²) in [4.78, 5) is 0. The predicted octanol–water partition coefficient (Wildman–Crippen LogP) is 1.31. The van der Waals surface area contributed by atoms with Crippen LogP contribution in [0.3, 0.4) is 0 Å². The number of nitrogens with two attached hydrogens (primary N) is 1. The van der Waals surface area contributed by atoms with Crippen LogP contribution in [0.25, 0.3) is 0 Å². The lowest BCUT2D eigenvalue weighted by Gasteiger charge is -2.26. The molecule has 0 radical (unpaired) electrons. The molecule has 0 bridgehead atoms. The average molecular weight is 208 g/mol. The van der Waals surface area contributed by atoms with Crippen LogP contribution >= 0.6 is 0 Å². The van der Waals surface area contributed by atoms with Crippen LogP contribution in [-0.4, -0.2) is 20.8 Å². The van der Waals surface area contributed by atoms with E-state index in [1.54, 1.807) is 0 Å². The first-order chi connectivity index (χ1) is 7.09. The Morgan fingerprint density at radius 3 is 2.67 bits per heavy atom. The molecular weight excluding hydrogens is 188 g/mol. The Bertz CT molecular complexity index is 340. The van der Waals surface area contributed by atoms with E-state index in [0.29, 0.717) is 11.8 Å². The molecule has 2 atom stereocenters. The molecule has 0 amide bonds. The average Bonchev–Trinajstić information content (AvgIpc) is 2.59. The van der Waals surface area contributed by atoms with Crippen LogP contribution in [0.1, 0.15) is 44.8 Å². The Hall–Kier alpha value is -0.900. The molecule has 84 valence electrons. The van der Waals surface area contributed by atoms with Crippen molar-refractivity contribution >= 4 is 0 Å². The molecule has 4 heteroatoms. The molecule has 2 heterocycles. The highest BCUT2D eigenvalue weighted by Crippen LogP contribution is 2.24. The zero-order valence-electron chi connectivity index (χ0n) is 9.77. The fourth-order valence-electron chi connectivity index (χ4n) is 2.25. The molecule has 0 aromatic carbocycles. The molecule has 1 aliphatic rings. The summed E-state index contributed by atoms with van der Waals surface area (Å²) in [6, 6.07) is 0.262. The fraction of sp³-hybridized carbons (Fsp3) is 0.818. The first-order valence-corrected chi connectivity index (χ1v) is 5.77. The SMILES string of the molecule is CC(C)c1nnc2n1CCC(C(C)N)C2. The maximum Gasteiger partial charge on any atom is 0.135 e. The Morgan fingerprint density at radius 2 is 2.07 bits per heavy atom. The molecule has 15 heavy (non-hydrogen) atoms. The van der Waals surface area contributed by atoms with Crippen molar-refractivity contribution < 1.29 is 0 Å². The third-order valence-corrected chi connectivity index (χ3v) is 3.28. The summed E-state index contributed by atoms with van der Waals surface area (Å²) < 4.78 is 2.27. The van der Waals surface area contributed by atoms with Crippen molar-refractivity contribution in [2.75, 3.05) is 0 Å². The van der Waals surface area contributed by atoms with Crippen molar-refractivity contribution in [3.8, 4) is 0 Å². The largest absolute Gasteiger partial charge is 0.328 e. The van der Waals surface area contributed by atoms with Gasteiger partial charge in [-0.2, -0.15) is 0 Å². The molecule has 0 fully saturated rings. The van der Waals surface area contributed by atoms with E-state index >= 15 is 0 Å². The highest BCUT2D eigenvalue weighted by Gasteiger charge is 2.25. The van der Waals surface area contributed by atoms with Crippen LogP contribution in [0.2, 0.25) is 0 Å². The highest BCUT2D eigenvalue weighted by molar-refractivity contribution is 5.04. The van der Waals surface area contributed by atoms with Crippen LogP contribution in [0.5, 0.6) is 0 Å². The fourth-order valence-corrected chi connectivity index (χ4v) is 2.25. The summed E-state index contributed by atoms with van der Waals surface area (Å²) in [5.74, 6) is 3.26. The summed E-state index contributed by atoms with van der Waals surface area (Å²) in [5.41, 5.74) is 5.93. The molecule has 1 aromatic heterocycles. The monoisotopic (exact) mass is 208 g/mol. The summed E-state index contributed by atoms with van der Waals surface area (Å²) in [6.45, 7) is 7.44. The highest BCUT2D eigenvalue weighted by atomic mass is 15.3. The smallest absolute Gasteiger partial charge is 0.135 e. The van der Waals surface area contributed by atoms with Gasteiger partial charge >= 0.3 is 0 Å². The number of rotatable bonds is 2. The number of fused-ring (bicyclic) bond motifs is 1. The summed E-state index contributed by atoms with van der Waals surface area (Å²) in [7, 11) is 0. The van der Waals surface area contributed by atoms with Crippen LogP contribution in [0, 0.1) is 5.92 Å². The van der Waals surface area contributed by atoms with E-state index in [-0.39, 0.29) is 6.04 Å². The topological polar surface area (TPSA) is 56.7 Å². The van der Waals surface area contributed by atoms with Crippen molar-refractivity contribution in [2.45, 2.75) is 52.1 Å². The van der Waals surface area contributed by atoms with Gasteiger partial charge in [0.05, 0.1) is 0 Å². The van der Waals surface area contributed by atoms with Gasteiger partial charge < -0.3 is 10.3 Å². The van der Waals surface area contributed by atoms with Crippen molar-refractivity contribution in [3.63, 3.8) is 0 Å². The van der Waals surface area contributed by atoms with Gasteiger partial charge in [0, 0.05) is 24.9 Å². The molecule has 0 saturated carbocycles. The molecule has 2 rings (SSSR count). The first-order valence-electron chi connectivity index (χ1n) is 5.77. The van der Waals surface area contributed by atoms with E-state index in [4.69, 9.17) is 5.73 Å². The maximum atomic E-state index is 5.93. The molecule has 0 spiro atoms. The zero-order valence-corrected chi connectivity index (χ0v) is 9.77. The van der Waals surface area contributed by atoms with Crippen LogP contribution in [0.4, 0.5) is 0 Å². The maximum absolute atomic E-state index is 5.93. The van der Waals surface area contributed by atoms with Crippen LogP contribution < -0.4 is 5.73 Å². The summed E-state index contributed by atoms with van der Waals surface area (Å²) in [6.07, 6.45) is 2.14. The number of hydrogen-bond donors (Lipinski definition) is 1. The van der Waals surface area contributed by atoms with E-state index in [1.807, 2.05) is 0 Å². The molecule has 0 saturated heterocycles. The predicted molar refractivity (Wildman–Crippen MR) is 59.6 cm³/mol. The number of aromatic nitrogens is 3. The zero-order chi connectivity index (χ0) is 11.0. The summed E-state index contributed by atoms with van der Waals surface area (Å²) >= 11 is 0. The van der Waals surface area contributed by atoms with Crippen molar-refractivity contribution in [3.05, 3.63) is 11.6 Å². The second-order valence-electron chi connectivity index (χ2n) is 4.89. The van der Waals surface area contributed by atoms with Gasteiger partial charge in [0.1, 0.15) is 11.6 Å². The third-order valence-electron chi connectivity index (χ3n) is 3.28. The molecule has 1 aliphatic heterocycles. The van der Waals surface area contributed by atoms with E-state index in [0.717, 1.165) is 31.0 Å². The Balaban J connectivity index is 2.22. The minimum absolute atomic E-state index is 0.262. The lowest BCUT2D eigenvalue weighted by atomic mass is 9.91. The molecule has 4 nitrogen and oxygen atoms in total. The molecule has 2 N–H and O–H groups in total. The summed E-state index contributed by atoms with van der Waals surface area (Å²) in [5, 5.41) is 8.53. The second kappa shape index (κ2) is 3.93. The molecule has 0 aliphatic carbocycles. The third kappa shape index (κ3) is 1.91. The van der Waals surface area contributed by atoms with Gasteiger partial charge in [0.25, 0.3) is 0 Å². The quantitative estimate of drug-likeness (QED) is 0.797. The lowest BCUT2D eigenvalue weighted by molar-refractivity contribution is 0.332. The van der Waals surface area contributed by atoms with E-state index in [9.17, 15) is 0 Å². The van der Waals surface area contributed by atoms with Crippen molar-refractivity contribution in [2.24, 2.45) is 11.7 Å². The Morgan fingerprint density at radius 1 is 1.33 bits per heavy atom. The standard InChI is InChI=1S/C11H20N4/c1-7(2)11-14-13-10-6-9(8(3)12)4-5-15(10)11/h7-9H,4-6,12H2,1-3H3. The molecule has 1 aromatic rings. The van der Waals surface area contributed by atoms with Crippen molar-refractivity contribution in [1.82, 2.24) is 14.8 Å². The van der Waals surface area contributed by atoms with E-state index < -0.39 is 0 Å². The van der Waals surface area contributed by atoms with Gasteiger partial charge in [0.2, 0.25) is 0 Å². The second-order valence-corrected chi connectivity index (χ2v) is 4.89. The lowest BCUT2D eigenvalue weighted by Crippen LogP contribution is -2.33. The Kier molecular flexibility index (Phi) is 2.78. The number of hydrogen-bond acceptors (Lipinski definition) is 3. The van der Waals surface area contributed by atoms with Gasteiger partial charge in [-0.05, 0) is 19.3 Å². The van der Waals surface area contributed by atoms with Crippen LogP contribution in [-0.2, 0) is 13.0 Å². The van der Waals surface area contributed by atoms with E-state index in [2.05, 4.69) is 35.5 Å². The normalized spacial score (nSPS) is 22.9.